The van der Waals surface area contributed by atoms with Gasteiger partial charge in [-0.1, -0.05) is 32.6 Å². The van der Waals surface area contributed by atoms with E-state index < -0.39 is 41.1 Å². The SMILES string of the molecule is C=CCOC(=O)[C@@H]1[C@H]2C(=O)N([C@@H](CC)CO)C(C(=O)N(CC=C)C(C)C)C23CC(C)[C@@]1(C)O3. The van der Waals surface area contributed by atoms with Crippen LogP contribution in [-0.4, -0.2) is 81.8 Å². The molecule has 0 aromatic rings. The fraction of sp³-hybridized carbons (Fsp3) is 0.720. The zero-order valence-electron chi connectivity index (χ0n) is 20.5. The highest BCUT2D eigenvalue weighted by molar-refractivity contribution is 5.99. The summed E-state index contributed by atoms with van der Waals surface area (Å²) < 4.78 is 12.0. The van der Waals surface area contributed by atoms with Crippen LogP contribution in [0.2, 0.25) is 0 Å². The van der Waals surface area contributed by atoms with E-state index >= 15 is 0 Å². The summed E-state index contributed by atoms with van der Waals surface area (Å²) >= 11 is 0. The average Bonchev–Trinajstić information content (AvgIpc) is 3.28. The van der Waals surface area contributed by atoms with E-state index in [1.165, 1.54) is 11.0 Å². The van der Waals surface area contributed by atoms with Crippen LogP contribution < -0.4 is 0 Å². The maximum absolute atomic E-state index is 14.0. The first kappa shape index (κ1) is 25.4. The van der Waals surface area contributed by atoms with Crippen molar-refractivity contribution in [2.45, 2.75) is 76.8 Å². The van der Waals surface area contributed by atoms with Crippen LogP contribution in [0.4, 0.5) is 0 Å². The topological polar surface area (TPSA) is 96.4 Å². The van der Waals surface area contributed by atoms with Gasteiger partial charge >= 0.3 is 5.97 Å². The van der Waals surface area contributed by atoms with Gasteiger partial charge in [0.15, 0.2) is 0 Å². The number of nitrogens with zero attached hydrogens (tertiary/aromatic N) is 2. The summed E-state index contributed by atoms with van der Waals surface area (Å²) in [6.45, 7) is 17.0. The minimum atomic E-state index is -1.16. The number of carbonyl (C=O) groups excluding carboxylic acids is 3. The molecule has 3 saturated heterocycles. The van der Waals surface area contributed by atoms with E-state index in [2.05, 4.69) is 13.2 Å². The van der Waals surface area contributed by atoms with Crippen LogP contribution in [0, 0.1) is 17.8 Å². The lowest BCUT2D eigenvalue weighted by molar-refractivity contribution is -0.163. The quantitative estimate of drug-likeness (QED) is 0.394. The Morgan fingerprint density at radius 3 is 2.55 bits per heavy atom. The smallest absolute Gasteiger partial charge is 0.313 e. The number of hydrogen-bond donors (Lipinski definition) is 1. The van der Waals surface area contributed by atoms with Crippen LogP contribution in [0.5, 0.6) is 0 Å². The number of ether oxygens (including phenoxy) is 2. The molecule has 0 aromatic carbocycles. The van der Waals surface area contributed by atoms with Gasteiger partial charge in [-0.15, -0.1) is 6.58 Å². The number of aliphatic hydroxyl groups is 1. The lowest BCUT2D eigenvalue weighted by atomic mass is 9.62. The summed E-state index contributed by atoms with van der Waals surface area (Å²) in [7, 11) is 0. The molecule has 33 heavy (non-hydrogen) atoms. The van der Waals surface area contributed by atoms with Gasteiger partial charge in [0.2, 0.25) is 11.8 Å². The van der Waals surface area contributed by atoms with Gasteiger partial charge in [-0.25, -0.2) is 0 Å². The van der Waals surface area contributed by atoms with Gasteiger partial charge in [0.1, 0.15) is 24.2 Å². The summed E-state index contributed by atoms with van der Waals surface area (Å²) in [5.74, 6) is -2.84. The molecule has 184 valence electrons. The number of fused-ring (bicyclic) bond motifs is 1. The first-order valence-corrected chi connectivity index (χ1v) is 11.9. The fourth-order valence-electron chi connectivity index (χ4n) is 6.20. The Kier molecular flexibility index (Phi) is 7.10. The third-order valence-electron chi connectivity index (χ3n) is 7.89. The number of hydrogen-bond acceptors (Lipinski definition) is 6. The molecule has 0 aliphatic carbocycles. The molecule has 1 spiro atoms. The standard InChI is InChI=1S/C25H38N2O6/c1-8-11-26(15(4)5)22(30)20-25-13-16(6)24(7,33-25)19(23(31)32-12-9-2)18(25)21(29)27(20)17(10-3)14-28/h8-9,15-20,28H,1-2,10-14H2,3-7H3/t16?,17-,18-,19-,20?,24+,25?/m0/s1. The minimum Gasteiger partial charge on any atom is -0.461 e. The molecule has 0 radical (unpaired) electrons. The molecule has 8 nitrogen and oxygen atoms in total. The van der Waals surface area contributed by atoms with Crippen LogP contribution >= 0.6 is 0 Å². The molecule has 3 heterocycles. The summed E-state index contributed by atoms with van der Waals surface area (Å²) in [6.07, 6.45) is 4.08. The normalized spacial score (nSPS) is 35.5. The highest BCUT2D eigenvalue weighted by atomic mass is 16.6. The van der Waals surface area contributed by atoms with E-state index in [0.29, 0.717) is 19.4 Å². The third-order valence-corrected chi connectivity index (χ3v) is 7.89. The summed E-state index contributed by atoms with van der Waals surface area (Å²) in [4.78, 5) is 44.4. The number of rotatable bonds is 10. The second kappa shape index (κ2) is 9.22. The van der Waals surface area contributed by atoms with Crippen LogP contribution in [0.1, 0.15) is 47.5 Å². The van der Waals surface area contributed by atoms with Gasteiger partial charge < -0.3 is 24.4 Å². The molecule has 3 unspecified atom stereocenters. The molecular formula is C25H38N2O6. The molecule has 3 rings (SSSR count). The molecule has 8 heteroatoms. The van der Waals surface area contributed by atoms with Crippen molar-refractivity contribution in [2.75, 3.05) is 19.8 Å². The zero-order chi connectivity index (χ0) is 24.7. The minimum absolute atomic E-state index is 0.0362. The summed E-state index contributed by atoms with van der Waals surface area (Å²) in [6, 6.07) is -1.62. The molecule has 2 amide bonds. The van der Waals surface area contributed by atoms with Gasteiger partial charge in [0.25, 0.3) is 0 Å². The van der Waals surface area contributed by atoms with E-state index in [9.17, 15) is 19.5 Å². The Morgan fingerprint density at radius 2 is 2.03 bits per heavy atom. The van der Waals surface area contributed by atoms with Gasteiger partial charge in [0.05, 0.1) is 24.2 Å². The predicted octanol–water partition coefficient (Wildman–Crippen LogP) is 1.92. The highest BCUT2D eigenvalue weighted by Gasteiger charge is 2.80. The maximum Gasteiger partial charge on any atom is 0.313 e. The molecule has 3 aliphatic heterocycles. The molecular weight excluding hydrogens is 424 g/mol. The zero-order valence-corrected chi connectivity index (χ0v) is 20.5. The largest absolute Gasteiger partial charge is 0.461 e. The Hall–Kier alpha value is -2.19. The number of esters is 1. The summed E-state index contributed by atoms with van der Waals surface area (Å²) in [5.41, 5.74) is -2.08. The second-order valence-corrected chi connectivity index (χ2v) is 9.99. The monoisotopic (exact) mass is 462 g/mol. The molecule has 0 aromatic heterocycles. The summed E-state index contributed by atoms with van der Waals surface area (Å²) in [5, 5.41) is 10.1. The number of carbonyl (C=O) groups is 3. The number of amides is 2. The maximum atomic E-state index is 14.0. The molecule has 1 N–H and O–H groups in total. The van der Waals surface area contributed by atoms with Crippen LogP contribution in [0.15, 0.2) is 25.3 Å². The van der Waals surface area contributed by atoms with E-state index in [1.54, 1.807) is 11.0 Å². The first-order valence-electron chi connectivity index (χ1n) is 11.9. The van der Waals surface area contributed by atoms with Crippen LogP contribution in [-0.2, 0) is 23.9 Å². The van der Waals surface area contributed by atoms with Crippen LogP contribution in [0.3, 0.4) is 0 Å². The van der Waals surface area contributed by atoms with Gasteiger partial charge in [-0.2, -0.15) is 0 Å². The van der Waals surface area contributed by atoms with Gasteiger partial charge in [0, 0.05) is 12.6 Å². The number of aliphatic hydroxyl groups excluding tert-OH is 1. The second-order valence-electron chi connectivity index (χ2n) is 9.99. The van der Waals surface area contributed by atoms with Crippen molar-refractivity contribution < 1.29 is 29.0 Å². The lowest BCUT2D eigenvalue weighted by Crippen LogP contribution is -2.59. The molecule has 2 bridgehead atoms. The Bertz CT molecular complexity index is 824. The third kappa shape index (κ3) is 3.62. The van der Waals surface area contributed by atoms with Gasteiger partial charge in [-0.3, -0.25) is 14.4 Å². The molecule has 3 fully saturated rings. The first-order chi connectivity index (χ1) is 15.5. The van der Waals surface area contributed by atoms with E-state index in [4.69, 9.17) is 9.47 Å². The van der Waals surface area contributed by atoms with Crippen LogP contribution in [0.25, 0.3) is 0 Å². The predicted molar refractivity (Wildman–Crippen MR) is 123 cm³/mol. The highest BCUT2D eigenvalue weighted by Crippen LogP contribution is 2.65. The Labute approximate surface area is 196 Å². The van der Waals surface area contributed by atoms with Crippen molar-refractivity contribution in [1.82, 2.24) is 9.80 Å². The lowest BCUT2D eigenvalue weighted by Gasteiger charge is -2.40. The molecule has 0 saturated carbocycles. The van der Waals surface area contributed by atoms with E-state index in [1.807, 2.05) is 34.6 Å². The Balaban J connectivity index is 2.16. The van der Waals surface area contributed by atoms with Gasteiger partial charge in [-0.05, 0) is 39.5 Å². The molecule has 3 aliphatic rings. The van der Waals surface area contributed by atoms with Crippen molar-refractivity contribution in [1.29, 1.82) is 0 Å². The van der Waals surface area contributed by atoms with Crippen molar-refractivity contribution in [3.63, 3.8) is 0 Å². The van der Waals surface area contributed by atoms with E-state index in [0.717, 1.165) is 0 Å². The van der Waals surface area contributed by atoms with Crippen molar-refractivity contribution in [3.05, 3.63) is 25.3 Å². The van der Waals surface area contributed by atoms with Crippen molar-refractivity contribution >= 4 is 17.8 Å². The number of likely N-dealkylation sites (tertiary alicyclic amines) is 1. The average molecular weight is 463 g/mol. The fourth-order valence-corrected chi connectivity index (χ4v) is 6.20. The molecule has 7 atom stereocenters. The van der Waals surface area contributed by atoms with E-state index in [-0.39, 0.29) is 37.0 Å². The Morgan fingerprint density at radius 1 is 1.36 bits per heavy atom. The van der Waals surface area contributed by atoms with Crippen molar-refractivity contribution in [2.24, 2.45) is 17.8 Å². The van der Waals surface area contributed by atoms with Crippen molar-refractivity contribution in [3.8, 4) is 0 Å².